The highest BCUT2D eigenvalue weighted by Gasteiger charge is 2.15. The smallest absolute Gasteiger partial charge is 0.142 e. The van der Waals surface area contributed by atoms with Gasteiger partial charge in [0.15, 0.2) is 0 Å². The summed E-state index contributed by atoms with van der Waals surface area (Å²) >= 11 is 0. The average Bonchev–Trinajstić information content (AvgIpc) is 2.63. The molecule has 1 fully saturated rings. The molecular formula is C18H23F2N3O2. The van der Waals surface area contributed by atoms with Crippen LogP contribution in [0.4, 0.5) is 20.2 Å². The Hall–Kier alpha value is -2.54. The zero-order chi connectivity index (χ0) is 18.2. The molecule has 7 heteroatoms. The van der Waals surface area contributed by atoms with Crippen LogP contribution in [0.5, 0.6) is 11.5 Å². The van der Waals surface area contributed by atoms with E-state index in [1.54, 1.807) is 13.2 Å². The largest absolute Gasteiger partial charge is 0.495 e. The van der Waals surface area contributed by atoms with Gasteiger partial charge in [0, 0.05) is 38.3 Å². The highest BCUT2D eigenvalue weighted by Crippen LogP contribution is 2.29. The first-order chi connectivity index (χ1) is 12.0. The van der Waals surface area contributed by atoms with Crippen molar-refractivity contribution in [3.8, 4) is 11.5 Å². The number of nitrogen functional groups attached to an aromatic ring is 1. The Morgan fingerprint density at radius 1 is 0.920 bits per heavy atom. The normalized spacial score (nSPS) is 13.7. The number of piperazine rings is 1. The molecule has 0 unspecified atom stereocenters. The van der Waals surface area contributed by atoms with E-state index < -0.39 is 0 Å². The van der Waals surface area contributed by atoms with Crippen LogP contribution in [-0.4, -0.2) is 40.4 Å². The first kappa shape index (κ1) is 18.8. The second-order valence-electron chi connectivity index (χ2n) is 5.44. The molecule has 2 aromatic rings. The summed E-state index contributed by atoms with van der Waals surface area (Å²) < 4.78 is 35.5. The Morgan fingerprint density at radius 3 is 2.04 bits per heavy atom. The Balaban J connectivity index is 0.000000196. The van der Waals surface area contributed by atoms with Crippen LogP contribution in [0.3, 0.4) is 0 Å². The number of rotatable bonds is 3. The Kier molecular flexibility index (Phi) is 6.82. The number of benzene rings is 2. The topological polar surface area (TPSA) is 59.8 Å². The highest BCUT2D eigenvalue weighted by atomic mass is 19.1. The number of nitrogens with two attached hydrogens (primary N) is 1. The summed E-state index contributed by atoms with van der Waals surface area (Å²) in [4.78, 5) is 2.14. The summed E-state index contributed by atoms with van der Waals surface area (Å²) in [6.07, 6.45) is 0. The van der Waals surface area contributed by atoms with Gasteiger partial charge < -0.3 is 25.4 Å². The van der Waals surface area contributed by atoms with Crippen LogP contribution in [0, 0.1) is 11.6 Å². The molecule has 0 spiro atoms. The summed E-state index contributed by atoms with van der Waals surface area (Å²) in [7, 11) is 3.10. The van der Waals surface area contributed by atoms with Crippen molar-refractivity contribution in [3.05, 3.63) is 48.0 Å². The molecule has 25 heavy (non-hydrogen) atoms. The number of anilines is 2. The summed E-state index contributed by atoms with van der Waals surface area (Å²) in [5.74, 6) is 0.669. The molecule has 0 amide bonds. The molecule has 136 valence electrons. The van der Waals surface area contributed by atoms with E-state index in [0.29, 0.717) is 11.4 Å². The molecule has 1 heterocycles. The second-order valence-corrected chi connectivity index (χ2v) is 5.44. The molecule has 0 saturated carbocycles. The first-order valence-electron chi connectivity index (χ1n) is 7.93. The van der Waals surface area contributed by atoms with E-state index in [4.69, 9.17) is 15.2 Å². The van der Waals surface area contributed by atoms with Gasteiger partial charge >= 0.3 is 0 Å². The lowest BCUT2D eigenvalue weighted by molar-refractivity contribution is 0.412. The standard InChI is InChI=1S/C11H15FN2O.C7H8FNO/c1-15-11-3-2-9(12)8-10(11)14-6-4-13-5-7-14;1-10-7-3-2-5(8)4-6(7)9/h2-3,8,13H,4-7H2,1H3;2-4H,9H2,1H3. The van der Waals surface area contributed by atoms with Crippen molar-refractivity contribution in [1.82, 2.24) is 5.32 Å². The summed E-state index contributed by atoms with van der Waals surface area (Å²) in [5, 5.41) is 3.26. The first-order valence-corrected chi connectivity index (χ1v) is 7.93. The van der Waals surface area contributed by atoms with E-state index >= 15 is 0 Å². The fourth-order valence-corrected chi connectivity index (χ4v) is 2.52. The fourth-order valence-electron chi connectivity index (χ4n) is 2.52. The number of methoxy groups -OCH3 is 2. The van der Waals surface area contributed by atoms with E-state index in [-0.39, 0.29) is 11.6 Å². The number of nitrogens with one attached hydrogen (secondary N) is 1. The van der Waals surface area contributed by atoms with E-state index in [0.717, 1.165) is 37.6 Å². The molecule has 3 N–H and O–H groups in total. The minimum Gasteiger partial charge on any atom is -0.495 e. The minimum absolute atomic E-state index is 0.218. The number of nitrogens with zero attached hydrogens (tertiary/aromatic N) is 1. The molecule has 0 bridgehead atoms. The summed E-state index contributed by atoms with van der Waals surface area (Å²) in [6, 6.07) is 8.64. The maximum absolute atomic E-state index is 13.1. The van der Waals surface area contributed by atoms with E-state index in [2.05, 4.69) is 10.2 Å². The number of ether oxygens (including phenoxy) is 2. The minimum atomic E-state index is -0.349. The molecular weight excluding hydrogens is 328 g/mol. The fraction of sp³-hybridized carbons (Fsp3) is 0.333. The zero-order valence-electron chi connectivity index (χ0n) is 14.4. The summed E-state index contributed by atoms with van der Waals surface area (Å²) in [6.45, 7) is 3.64. The Labute approximate surface area is 146 Å². The third kappa shape index (κ3) is 5.22. The molecule has 3 rings (SSSR count). The average molecular weight is 351 g/mol. The Morgan fingerprint density at radius 2 is 1.48 bits per heavy atom. The lowest BCUT2D eigenvalue weighted by atomic mass is 10.2. The van der Waals surface area contributed by atoms with Gasteiger partial charge in [0.1, 0.15) is 23.1 Å². The number of hydrogen-bond acceptors (Lipinski definition) is 5. The van der Waals surface area contributed by atoms with Gasteiger partial charge in [-0.3, -0.25) is 0 Å². The quantitative estimate of drug-likeness (QED) is 0.833. The van der Waals surface area contributed by atoms with Crippen LogP contribution in [-0.2, 0) is 0 Å². The van der Waals surface area contributed by atoms with Gasteiger partial charge in [-0.05, 0) is 24.3 Å². The molecule has 2 aromatic carbocycles. The maximum Gasteiger partial charge on any atom is 0.142 e. The lowest BCUT2D eigenvalue weighted by Gasteiger charge is -2.30. The lowest BCUT2D eigenvalue weighted by Crippen LogP contribution is -2.43. The van der Waals surface area contributed by atoms with Gasteiger partial charge in [-0.25, -0.2) is 8.78 Å². The zero-order valence-corrected chi connectivity index (χ0v) is 14.4. The van der Waals surface area contributed by atoms with Crippen LogP contribution in [0.15, 0.2) is 36.4 Å². The molecule has 0 aromatic heterocycles. The molecule has 1 aliphatic rings. The predicted octanol–water partition coefficient (Wildman–Crippen LogP) is 2.66. The number of halogens is 2. The third-order valence-corrected chi connectivity index (χ3v) is 3.79. The van der Waals surface area contributed by atoms with Gasteiger partial charge in [0.05, 0.1) is 25.6 Å². The van der Waals surface area contributed by atoms with Crippen molar-refractivity contribution in [1.29, 1.82) is 0 Å². The van der Waals surface area contributed by atoms with E-state index in [1.165, 1.54) is 37.4 Å². The predicted molar refractivity (Wildman–Crippen MR) is 95.4 cm³/mol. The third-order valence-electron chi connectivity index (χ3n) is 3.79. The van der Waals surface area contributed by atoms with Crippen molar-refractivity contribution in [2.24, 2.45) is 0 Å². The van der Waals surface area contributed by atoms with Crippen LogP contribution in [0.1, 0.15) is 0 Å². The second kappa shape index (κ2) is 9.08. The van der Waals surface area contributed by atoms with Crippen molar-refractivity contribution < 1.29 is 18.3 Å². The van der Waals surface area contributed by atoms with Gasteiger partial charge in [-0.15, -0.1) is 0 Å². The molecule has 0 aliphatic carbocycles. The maximum atomic E-state index is 13.1. The number of hydrogen-bond donors (Lipinski definition) is 2. The monoisotopic (exact) mass is 351 g/mol. The molecule has 1 aliphatic heterocycles. The SMILES string of the molecule is COc1ccc(F)cc1N.COc1ccc(F)cc1N1CCNCC1. The molecule has 1 saturated heterocycles. The molecule has 0 atom stereocenters. The van der Waals surface area contributed by atoms with Gasteiger partial charge in [0.2, 0.25) is 0 Å². The van der Waals surface area contributed by atoms with Crippen molar-refractivity contribution in [2.75, 3.05) is 51.0 Å². The van der Waals surface area contributed by atoms with Crippen LogP contribution in [0.25, 0.3) is 0 Å². The van der Waals surface area contributed by atoms with Gasteiger partial charge in [-0.2, -0.15) is 0 Å². The van der Waals surface area contributed by atoms with Crippen molar-refractivity contribution in [3.63, 3.8) is 0 Å². The summed E-state index contributed by atoms with van der Waals surface area (Å²) in [5.41, 5.74) is 6.53. The van der Waals surface area contributed by atoms with Gasteiger partial charge in [0.25, 0.3) is 0 Å². The van der Waals surface area contributed by atoms with Gasteiger partial charge in [-0.1, -0.05) is 0 Å². The molecule has 5 nitrogen and oxygen atoms in total. The highest BCUT2D eigenvalue weighted by molar-refractivity contribution is 5.59. The van der Waals surface area contributed by atoms with E-state index in [9.17, 15) is 8.78 Å². The van der Waals surface area contributed by atoms with Crippen molar-refractivity contribution in [2.45, 2.75) is 0 Å². The van der Waals surface area contributed by atoms with Crippen LogP contribution < -0.4 is 25.4 Å². The van der Waals surface area contributed by atoms with Crippen molar-refractivity contribution >= 4 is 11.4 Å². The van der Waals surface area contributed by atoms with Crippen LogP contribution in [0.2, 0.25) is 0 Å². The van der Waals surface area contributed by atoms with E-state index in [1.807, 2.05) is 0 Å². The molecule has 0 radical (unpaired) electrons. The Bertz CT molecular complexity index is 692. The van der Waals surface area contributed by atoms with Crippen LogP contribution >= 0.6 is 0 Å².